The van der Waals surface area contributed by atoms with Gasteiger partial charge in [-0.3, -0.25) is 4.79 Å². The number of carbonyl (C=O) groups is 1. The third-order valence-corrected chi connectivity index (χ3v) is 2.37. The number of hydrogen-bond acceptors (Lipinski definition) is 3. The summed E-state index contributed by atoms with van der Waals surface area (Å²) in [5, 5.41) is 15.3. The molecule has 0 spiro atoms. The molecule has 0 radical (unpaired) electrons. The number of hydrogen-bond donors (Lipinski definition) is 3. The van der Waals surface area contributed by atoms with E-state index in [9.17, 15) is 9.90 Å². The highest BCUT2D eigenvalue weighted by Gasteiger charge is 2.04. The van der Waals surface area contributed by atoms with Crippen molar-refractivity contribution in [2.75, 3.05) is 13.1 Å². The minimum Gasteiger partial charge on any atom is -0.508 e. The maximum absolute atomic E-state index is 11.2. The number of phenolic OH excluding ortho intramolecular Hbond substituents is 1. The van der Waals surface area contributed by atoms with Crippen molar-refractivity contribution in [2.24, 2.45) is 5.92 Å². The largest absolute Gasteiger partial charge is 0.508 e. The Balaban J connectivity index is 2.14. The van der Waals surface area contributed by atoms with Gasteiger partial charge in [0.05, 0.1) is 0 Å². The Morgan fingerprint density at radius 1 is 1.35 bits per heavy atom. The van der Waals surface area contributed by atoms with Gasteiger partial charge in [0.2, 0.25) is 5.91 Å². The van der Waals surface area contributed by atoms with E-state index in [0.29, 0.717) is 19.6 Å². The first-order valence-electron chi connectivity index (χ1n) is 5.86. The van der Waals surface area contributed by atoms with E-state index in [1.165, 1.54) is 0 Å². The van der Waals surface area contributed by atoms with Gasteiger partial charge in [-0.25, -0.2) is 0 Å². The molecule has 0 bridgehead atoms. The molecule has 0 saturated carbocycles. The second-order valence-electron chi connectivity index (χ2n) is 4.29. The summed E-state index contributed by atoms with van der Waals surface area (Å²) in [6.45, 7) is 5.76. The van der Waals surface area contributed by atoms with Crippen molar-refractivity contribution in [1.82, 2.24) is 10.6 Å². The molecule has 3 N–H and O–H groups in total. The van der Waals surface area contributed by atoms with Crippen molar-refractivity contribution >= 4 is 5.91 Å². The highest BCUT2D eigenvalue weighted by molar-refractivity contribution is 5.77. The molecule has 1 aromatic carbocycles. The van der Waals surface area contributed by atoms with Crippen LogP contribution in [0, 0.1) is 5.92 Å². The topological polar surface area (TPSA) is 61.4 Å². The Hall–Kier alpha value is -1.55. The third kappa shape index (κ3) is 5.36. The second kappa shape index (κ2) is 6.91. The predicted molar refractivity (Wildman–Crippen MR) is 67.7 cm³/mol. The number of rotatable bonds is 6. The Labute approximate surface area is 102 Å². The Morgan fingerprint density at radius 2 is 2.12 bits per heavy atom. The van der Waals surface area contributed by atoms with E-state index in [2.05, 4.69) is 10.6 Å². The van der Waals surface area contributed by atoms with Crippen LogP contribution in [0.2, 0.25) is 0 Å². The lowest BCUT2D eigenvalue weighted by atomic mass is 10.2. The first-order chi connectivity index (χ1) is 8.09. The zero-order chi connectivity index (χ0) is 12.7. The molecule has 0 aromatic heterocycles. The number of aromatic hydroxyl groups is 1. The zero-order valence-electron chi connectivity index (χ0n) is 10.4. The van der Waals surface area contributed by atoms with Crippen LogP contribution in [0.25, 0.3) is 0 Å². The Morgan fingerprint density at radius 3 is 2.76 bits per heavy atom. The van der Waals surface area contributed by atoms with Crippen molar-refractivity contribution in [1.29, 1.82) is 0 Å². The van der Waals surface area contributed by atoms with E-state index in [1.807, 2.05) is 26.0 Å². The molecule has 94 valence electrons. The summed E-state index contributed by atoms with van der Waals surface area (Å²) < 4.78 is 0. The van der Waals surface area contributed by atoms with E-state index < -0.39 is 0 Å². The maximum Gasteiger partial charge on any atom is 0.222 e. The summed E-state index contributed by atoms with van der Waals surface area (Å²) in [5.41, 5.74) is 1.03. The molecule has 0 unspecified atom stereocenters. The normalized spacial score (nSPS) is 10.5. The fourth-order valence-corrected chi connectivity index (χ4v) is 1.38. The molecule has 0 aliphatic heterocycles. The molecule has 1 aromatic rings. The van der Waals surface area contributed by atoms with Gasteiger partial charge >= 0.3 is 0 Å². The van der Waals surface area contributed by atoms with Gasteiger partial charge in [-0.2, -0.15) is 0 Å². The lowest BCUT2D eigenvalue weighted by Crippen LogP contribution is -2.34. The van der Waals surface area contributed by atoms with Gasteiger partial charge in [0, 0.05) is 25.6 Å². The van der Waals surface area contributed by atoms with Crippen molar-refractivity contribution in [3.05, 3.63) is 29.8 Å². The van der Waals surface area contributed by atoms with Crippen LogP contribution >= 0.6 is 0 Å². The molecule has 0 aliphatic carbocycles. The minimum absolute atomic E-state index is 0.0288. The Bertz CT molecular complexity index is 364. The lowest BCUT2D eigenvalue weighted by Gasteiger charge is -2.08. The third-order valence-electron chi connectivity index (χ3n) is 2.37. The van der Waals surface area contributed by atoms with E-state index in [0.717, 1.165) is 5.56 Å². The SMILES string of the molecule is CC(C)C(=O)NCCNCc1cccc(O)c1. The van der Waals surface area contributed by atoms with Gasteiger partial charge in [0.25, 0.3) is 0 Å². The van der Waals surface area contributed by atoms with Crippen LogP contribution in [0.3, 0.4) is 0 Å². The molecular weight excluding hydrogens is 216 g/mol. The standard InChI is InChI=1S/C13H20N2O2/c1-10(2)13(17)15-7-6-14-9-11-4-3-5-12(16)8-11/h3-5,8,10,14,16H,6-7,9H2,1-2H3,(H,15,17). The Kier molecular flexibility index (Phi) is 5.49. The second-order valence-corrected chi connectivity index (χ2v) is 4.29. The monoisotopic (exact) mass is 236 g/mol. The first-order valence-corrected chi connectivity index (χ1v) is 5.86. The fourth-order valence-electron chi connectivity index (χ4n) is 1.38. The summed E-state index contributed by atoms with van der Waals surface area (Å²) in [6, 6.07) is 7.12. The van der Waals surface area contributed by atoms with Crippen molar-refractivity contribution < 1.29 is 9.90 Å². The van der Waals surface area contributed by atoms with E-state index in [4.69, 9.17) is 0 Å². The summed E-state index contributed by atoms with van der Waals surface area (Å²) >= 11 is 0. The van der Waals surface area contributed by atoms with Crippen molar-refractivity contribution in [3.8, 4) is 5.75 Å². The molecule has 0 atom stereocenters. The minimum atomic E-state index is 0.0288. The predicted octanol–water partition coefficient (Wildman–Crippen LogP) is 1.25. The van der Waals surface area contributed by atoms with Gasteiger partial charge in [-0.15, -0.1) is 0 Å². The molecule has 1 rings (SSSR count). The number of carbonyl (C=O) groups excluding carboxylic acids is 1. The summed E-state index contributed by atoms with van der Waals surface area (Å²) in [5.74, 6) is 0.377. The van der Waals surface area contributed by atoms with Crippen LogP contribution in [-0.2, 0) is 11.3 Å². The average molecular weight is 236 g/mol. The highest BCUT2D eigenvalue weighted by atomic mass is 16.3. The lowest BCUT2D eigenvalue weighted by molar-refractivity contribution is -0.123. The van der Waals surface area contributed by atoms with E-state index >= 15 is 0 Å². The molecule has 0 heterocycles. The smallest absolute Gasteiger partial charge is 0.222 e. The molecule has 1 amide bonds. The van der Waals surface area contributed by atoms with Crippen LogP contribution in [0.15, 0.2) is 24.3 Å². The van der Waals surface area contributed by atoms with Crippen LogP contribution in [0.4, 0.5) is 0 Å². The molecule has 0 aliphatic rings. The maximum atomic E-state index is 11.2. The van der Waals surface area contributed by atoms with Gasteiger partial charge in [0.15, 0.2) is 0 Å². The van der Waals surface area contributed by atoms with E-state index in [1.54, 1.807) is 12.1 Å². The average Bonchev–Trinajstić information content (AvgIpc) is 2.28. The molecule has 4 nitrogen and oxygen atoms in total. The first kappa shape index (κ1) is 13.5. The highest BCUT2D eigenvalue weighted by Crippen LogP contribution is 2.10. The quantitative estimate of drug-likeness (QED) is 0.651. The number of benzene rings is 1. The van der Waals surface area contributed by atoms with Gasteiger partial charge in [-0.05, 0) is 17.7 Å². The van der Waals surface area contributed by atoms with Gasteiger partial charge < -0.3 is 15.7 Å². The van der Waals surface area contributed by atoms with Crippen LogP contribution < -0.4 is 10.6 Å². The van der Waals surface area contributed by atoms with Crippen molar-refractivity contribution in [3.63, 3.8) is 0 Å². The van der Waals surface area contributed by atoms with E-state index in [-0.39, 0.29) is 17.6 Å². The molecule has 17 heavy (non-hydrogen) atoms. The van der Waals surface area contributed by atoms with Crippen LogP contribution in [-0.4, -0.2) is 24.1 Å². The van der Waals surface area contributed by atoms with Gasteiger partial charge in [-0.1, -0.05) is 26.0 Å². The molecular formula is C13H20N2O2. The summed E-state index contributed by atoms with van der Waals surface area (Å²) in [4.78, 5) is 11.2. The number of phenols is 1. The number of nitrogens with one attached hydrogen (secondary N) is 2. The molecule has 0 fully saturated rings. The molecule has 0 saturated heterocycles. The van der Waals surface area contributed by atoms with Crippen LogP contribution in [0.5, 0.6) is 5.75 Å². The molecule has 4 heteroatoms. The number of amides is 1. The van der Waals surface area contributed by atoms with Crippen molar-refractivity contribution in [2.45, 2.75) is 20.4 Å². The summed E-state index contributed by atoms with van der Waals surface area (Å²) in [7, 11) is 0. The van der Waals surface area contributed by atoms with Gasteiger partial charge in [0.1, 0.15) is 5.75 Å². The van der Waals surface area contributed by atoms with Crippen LogP contribution in [0.1, 0.15) is 19.4 Å². The zero-order valence-corrected chi connectivity index (χ0v) is 10.4. The fraction of sp³-hybridized carbons (Fsp3) is 0.462. The summed E-state index contributed by atoms with van der Waals surface area (Å²) in [6.07, 6.45) is 0.